The van der Waals surface area contributed by atoms with Crippen LogP contribution in [0.1, 0.15) is 15.9 Å². The molecule has 24 heavy (non-hydrogen) atoms. The zero-order valence-electron chi connectivity index (χ0n) is 12.2. The summed E-state index contributed by atoms with van der Waals surface area (Å²) in [5.74, 6) is -0.433. The summed E-state index contributed by atoms with van der Waals surface area (Å²) in [6.07, 6.45) is 1.47. The second kappa shape index (κ2) is 6.14. The first-order valence-corrected chi connectivity index (χ1v) is 7.26. The van der Waals surface area contributed by atoms with E-state index in [1.54, 1.807) is 6.07 Å². The molecule has 0 radical (unpaired) electrons. The fourth-order valence-electron chi connectivity index (χ4n) is 2.52. The number of anilines is 1. The van der Waals surface area contributed by atoms with E-state index in [0.717, 1.165) is 0 Å². The van der Waals surface area contributed by atoms with Crippen molar-refractivity contribution >= 4 is 34.1 Å². The van der Waals surface area contributed by atoms with Crippen molar-refractivity contribution in [2.75, 3.05) is 5.23 Å². The van der Waals surface area contributed by atoms with E-state index in [1.165, 1.54) is 41.1 Å². The molecule has 0 amide bonds. The zero-order valence-corrected chi connectivity index (χ0v) is 13.0. The third-order valence-corrected chi connectivity index (χ3v) is 3.99. The number of aliphatic hydroxyl groups is 1. The van der Waals surface area contributed by atoms with Crippen LogP contribution < -0.4 is 5.23 Å². The number of carbonyl (C=O) groups excluding carboxylic acids is 1. The van der Waals surface area contributed by atoms with Crippen LogP contribution in [-0.2, 0) is 6.61 Å². The van der Waals surface area contributed by atoms with Gasteiger partial charge in [0, 0.05) is 22.7 Å². The lowest BCUT2D eigenvalue weighted by Gasteiger charge is -2.12. The summed E-state index contributed by atoms with van der Waals surface area (Å²) in [6.45, 7) is -0.298. The first-order valence-electron chi connectivity index (χ1n) is 6.88. The lowest BCUT2D eigenvalue weighted by Crippen LogP contribution is -2.15. The molecule has 8 heteroatoms. The Kier molecular flexibility index (Phi) is 4.16. The number of fused-ring (bicyclic) bond motifs is 1. The molecule has 0 unspecified atom stereocenters. The fourth-order valence-corrected chi connectivity index (χ4v) is 2.71. The van der Waals surface area contributed by atoms with Gasteiger partial charge in [-0.25, -0.2) is 0 Å². The van der Waals surface area contributed by atoms with Gasteiger partial charge in [-0.05, 0) is 36.4 Å². The Morgan fingerprint density at radius 1 is 1.17 bits per heavy atom. The van der Waals surface area contributed by atoms with Crippen LogP contribution in [0.3, 0.4) is 0 Å². The van der Waals surface area contributed by atoms with Crippen LogP contribution in [0.15, 0.2) is 42.6 Å². The Bertz CT molecular complexity index is 936. The standard InChI is InChI=1S/C16H13ClN2O5/c17-13-3-1-9(5-15(13)19(23)24)16(22)18-7-10(8-20)12-6-11(21)2-4-14(12)18/h1-7,20-21,23-24H,8H2. The van der Waals surface area contributed by atoms with Crippen molar-refractivity contribution in [3.63, 3.8) is 0 Å². The Balaban J connectivity index is 2.14. The summed E-state index contributed by atoms with van der Waals surface area (Å²) in [5, 5.41) is 37.8. The Morgan fingerprint density at radius 2 is 1.92 bits per heavy atom. The minimum Gasteiger partial charge on any atom is -0.508 e. The molecule has 0 aliphatic rings. The number of nitrogens with zero attached hydrogens (tertiary/aromatic N) is 2. The average Bonchev–Trinajstić information content (AvgIpc) is 2.92. The summed E-state index contributed by atoms with van der Waals surface area (Å²) in [7, 11) is 0. The van der Waals surface area contributed by atoms with E-state index >= 15 is 0 Å². The number of phenols is 1. The molecule has 7 nitrogen and oxygen atoms in total. The number of benzene rings is 2. The number of aliphatic hydroxyl groups excluding tert-OH is 1. The van der Waals surface area contributed by atoms with Crippen molar-refractivity contribution in [3.05, 3.63) is 58.7 Å². The number of aromatic nitrogens is 1. The second-order valence-electron chi connectivity index (χ2n) is 5.14. The SMILES string of the molecule is O=C(c1ccc(Cl)c(N(O)O)c1)n1cc(CO)c2cc(O)ccc21. The molecule has 0 fully saturated rings. The first-order chi connectivity index (χ1) is 11.4. The maximum absolute atomic E-state index is 12.8. The van der Waals surface area contributed by atoms with E-state index in [2.05, 4.69) is 0 Å². The molecule has 3 aromatic rings. The van der Waals surface area contributed by atoms with Crippen molar-refractivity contribution in [2.45, 2.75) is 6.61 Å². The number of carbonyl (C=O) groups is 1. The van der Waals surface area contributed by atoms with E-state index in [4.69, 9.17) is 22.0 Å². The quantitative estimate of drug-likeness (QED) is 0.542. The molecule has 124 valence electrons. The van der Waals surface area contributed by atoms with Gasteiger partial charge in [0.1, 0.15) is 11.4 Å². The second-order valence-corrected chi connectivity index (χ2v) is 5.55. The van der Waals surface area contributed by atoms with Crippen molar-refractivity contribution in [2.24, 2.45) is 0 Å². The number of hydrogen-bond donors (Lipinski definition) is 4. The van der Waals surface area contributed by atoms with Gasteiger partial charge < -0.3 is 10.2 Å². The van der Waals surface area contributed by atoms with Crippen LogP contribution in [0.2, 0.25) is 5.02 Å². The Labute approximate surface area is 141 Å². The molecule has 0 atom stereocenters. The van der Waals surface area contributed by atoms with Gasteiger partial charge in [-0.3, -0.25) is 19.8 Å². The predicted molar refractivity (Wildman–Crippen MR) is 86.8 cm³/mol. The Hall–Kier alpha value is -2.58. The third kappa shape index (κ3) is 2.70. The van der Waals surface area contributed by atoms with E-state index in [-0.39, 0.29) is 33.9 Å². The largest absolute Gasteiger partial charge is 0.508 e. The molecule has 0 aliphatic carbocycles. The van der Waals surface area contributed by atoms with Crippen LogP contribution in [0.5, 0.6) is 5.75 Å². The molecule has 0 aliphatic heterocycles. The van der Waals surface area contributed by atoms with Crippen LogP contribution in [0.25, 0.3) is 10.9 Å². The van der Waals surface area contributed by atoms with Gasteiger partial charge in [0.2, 0.25) is 0 Å². The monoisotopic (exact) mass is 348 g/mol. The topological polar surface area (TPSA) is 106 Å². The normalized spacial score (nSPS) is 11.0. The highest BCUT2D eigenvalue weighted by atomic mass is 35.5. The highest BCUT2D eigenvalue weighted by molar-refractivity contribution is 6.33. The maximum atomic E-state index is 12.8. The van der Waals surface area contributed by atoms with Gasteiger partial charge in [0.15, 0.2) is 0 Å². The predicted octanol–water partition coefficient (Wildman–Crippen LogP) is 2.77. The number of rotatable bonds is 3. The molecular formula is C16H13ClN2O5. The van der Waals surface area contributed by atoms with Gasteiger partial charge in [-0.1, -0.05) is 11.6 Å². The van der Waals surface area contributed by atoms with E-state index in [9.17, 15) is 15.0 Å². The molecule has 1 heterocycles. The Morgan fingerprint density at radius 3 is 2.58 bits per heavy atom. The lowest BCUT2D eigenvalue weighted by atomic mass is 10.1. The van der Waals surface area contributed by atoms with E-state index < -0.39 is 5.91 Å². The van der Waals surface area contributed by atoms with Gasteiger partial charge in [0.05, 0.1) is 17.1 Å². The number of phenolic OH excluding ortho intramolecular Hbond substituents is 1. The maximum Gasteiger partial charge on any atom is 0.262 e. The third-order valence-electron chi connectivity index (χ3n) is 3.67. The summed E-state index contributed by atoms with van der Waals surface area (Å²) < 4.78 is 1.31. The van der Waals surface area contributed by atoms with Crippen molar-refractivity contribution < 1.29 is 25.4 Å². The first kappa shape index (κ1) is 16.3. The van der Waals surface area contributed by atoms with Crippen LogP contribution in [0.4, 0.5) is 5.69 Å². The van der Waals surface area contributed by atoms with Crippen molar-refractivity contribution in [1.29, 1.82) is 0 Å². The molecular weight excluding hydrogens is 336 g/mol. The summed E-state index contributed by atoms with van der Waals surface area (Å²) in [6, 6.07) is 8.50. The molecule has 2 aromatic carbocycles. The smallest absolute Gasteiger partial charge is 0.262 e. The summed E-state index contributed by atoms with van der Waals surface area (Å²) >= 11 is 5.84. The van der Waals surface area contributed by atoms with Crippen molar-refractivity contribution in [1.82, 2.24) is 4.57 Å². The van der Waals surface area contributed by atoms with Gasteiger partial charge in [0.25, 0.3) is 5.91 Å². The zero-order chi connectivity index (χ0) is 17.4. The number of hydrogen-bond acceptors (Lipinski definition) is 6. The molecule has 0 saturated heterocycles. The number of aromatic hydroxyl groups is 1. The molecule has 0 bridgehead atoms. The average molecular weight is 349 g/mol. The summed E-state index contributed by atoms with van der Waals surface area (Å²) in [4.78, 5) is 12.8. The number of halogens is 1. The van der Waals surface area contributed by atoms with E-state index in [1.807, 2.05) is 0 Å². The van der Waals surface area contributed by atoms with E-state index in [0.29, 0.717) is 16.5 Å². The molecule has 0 spiro atoms. The minimum atomic E-state index is -0.454. The molecule has 4 N–H and O–H groups in total. The highest BCUT2D eigenvalue weighted by Gasteiger charge is 2.17. The van der Waals surface area contributed by atoms with Crippen LogP contribution in [-0.4, -0.2) is 31.1 Å². The molecule has 3 rings (SSSR count). The summed E-state index contributed by atoms with van der Waals surface area (Å²) in [5.41, 5.74) is 1.01. The van der Waals surface area contributed by atoms with Gasteiger partial charge >= 0.3 is 0 Å². The highest BCUT2D eigenvalue weighted by Crippen LogP contribution is 2.29. The van der Waals surface area contributed by atoms with Gasteiger partial charge in [-0.2, -0.15) is 0 Å². The minimum absolute atomic E-state index is 0.0207. The fraction of sp³-hybridized carbons (Fsp3) is 0.0625. The van der Waals surface area contributed by atoms with Crippen LogP contribution in [0, 0.1) is 0 Å². The molecule has 1 aromatic heterocycles. The lowest BCUT2D eigenvalue weighted by molar-refractivity contribution is 0.0292. The van der Waals surface area contributed by atoms with Crippen LogP contribution >= 0.6 is 11.6 Å². The van der Waals surface area contributed by atoms with Gasteiger partial charge in [-0.15, -0.1) is 5.23 Å². The van der Waals surface area contributed by atoms with Crippen molar-refractivity contribution in [3.8, 4) is 5.75 Å². The molecule has 0 saturated carbocycles.